The minimum atomic E-state index is -0.0140. The van der Waals surface area contributed by atoms with Crippen LogP contribution in [0, 0.1) is 0 Å². The lowest BCUT2D eigenvalue weighted by Gasteiger charge is -2.07. The molecule has 140 valence electrons. The number of aromatic nitrogens is 2. The Kier molecular flexibility index (Phi) is 6.60. The second-order valence-electron chi connectivity index (χ2n) is 6.48. The lowest BCUT2D eigenvalue weighted by atomic mass is 10.1. The molecule has 5 nitrogen and oxygen atoms in total. The fourth-order valence-electron chi connectivity index (χ4n) is 2.95. The molecule has 1 aromatic heterocycles. The number of halogens is 1. The van der Waals surface area contributed by atoms with Crippen LogP contribution >= 0.6 is 11.6 Å². The van der Waals surface area contributed by atoms with Crippen molar-refractivity contribution in [2.45, 2.75) is 38.8 Å². The summed E-state index contributed by atoms with van der Waals surface area (Å²) >= 11 is 5.93. The van der Waals surface area contributed by atoms with Crippen molar-refractivity contribution in [3.05, 3.63) is 75.8 Å². The zero-order valence-electron chi connectivity index (χ0n) is 15.0. The second kappa shape index (κ2) is 9.33. The van der Waals surface area contributed by atoms with Crippen LogP contribution in [0.3, 0.4) is 0 Å². The molecular formula is C21H22ClN3O2. The van der Waals surface area contributed by atoms with Gasteiger partial charge in [-0.05, 0) is 42.7 Å². The maximum absolute atomic E-state index is 12.4. The number of unbranched alkanes of at least 4 members (excludes halogenated alkanes) is 2. The Morgan fingerprint density at radius 3 is 2.78 bits per heavy atom. The van der Waals surface area contributed by atoms with Crippen LogP contribution in [0.1, 0.15) is 31.2 Å². The van der Waals surface area contributed by atoms with E-state index in [1.54, 1.807) is 17.0 Å². The van der Waals surface area contributed by atoms with Gasteiger partial charge >= 0.3 is 0 Å². The van der Waals surface area contributed by atoms with Crippen molar-refractivity contribution in [1.82, 2.24) is 14.9 Å². The first-order chi connectivity index (χ1) is 13.1. The maximum Gasteiger partial charge on any atom is 0.261 e. The summed E-state index contributed by atoms with van der Waals surface area (Å²) in [7, 11) is 0. The molecule has 1 heterocycles. The summed E-state index contributed by atoms with van der Waals surface area (Å²) in [5, 5.41) is 4.21. The van der Waals surface area contributed by atoms with Crippen LogP contribution < -0.4 is 10.9 Å². The molecule has 0 aliphatic heterocycles. The third-order valence-corrected chi connectivity index (χ3v) is 4.65. The summed E-state index contributed by atoms with van der Waals surface area (Å²) in [6.45, 7) is 1.10. The van der Waals surface area contributed by atoms with Gasteiger partial charge in [0.25, 0.3) is 5.56 Å². The van der Waals surface area contributed by atoms with Crippen molar-refractivity contribution >= 4 is 28.4 Å². The summed E-state index contributed by atoms with van der Waals surface area (Å²) in [5.74, 6) is 0.0273. The smallest absolute Gasteiger partial charge is 0.261 e. The first-order valence-electron chi connectivity index (χ1n) is 9.09. The van der Waals surface area contributed by atoms with E-state index in [1.807, 2.05) is 42.5 Å². The SMILES string of the molecule is O=C(CCCCCn1cnc2ccccc2c1=O)NCc1cccc(Cl)c1. The zero-order chi connectivity index (χ0) is 19.1. The van der Waals surface area contributed by atoms with Crippen LogP contribution in [0.25, 0.3) is 10.9 Å². The first kappa shape index (κ1) is 19.1. The van der Waals surface area contributed by atoms with E-state index in [2.05, 4.69) is 10.3 Å². The van der Waals surface area contributed by atoms with Crippen LogP contribution in [0.5, 0.6) is 0 Å². The van der Waals surface area contributed by atoms with E-state index in [-0.39, 0.29) is 11.5 Å². The highest BCUT2D eigenvalue weighted by Gasteiger charge is 2.04. The van der Waals surface area contributed by atoms with Gasteiger partial charge in [-0.2, -0.15) is 0 Å². The molecule has 3 rings (SSSR count). The van der Waals surface area contributed by atoms with Crippen molar-refractivity contribution in [2.24, 2.45) is 0 Å². The van der Waals surface area contributed by atoms with E-state index < -0.39 is 0 Å². The number of amides is 1. The molecular weight excluding hydrogens is 362 g/mol. The Morgan fingerprint density at radius 1 is 1.07 bits per heavy atom. The van der Waals surface area contributed by atoms with Crippen LogP contribution in [-0.2, 0) is 17.9 Å². The highest BCUT2D eigenvalue weighted by molar-refractivity contribution is 6.30. The van der Waals surface area contributed by atoms with Gasteiger partial charge in [-0.1, -0.05) is 42.3 Å². The normalized spacial score (nSPS) is 10.9. The van der Waals surface area contributed by atoms with Gasteiger partial charge in [0.05, 0.1) is 17.2 Å². The quantitative estimate of drug-likeness (QED) is 0.599. The predicted molar refractivity (Wildman–Crippen MR) is 108 cm³/mol. The van der Waals surface area contributed by atoms with Gasteiger partial charge in [0.1, 0.15) is 0 Å². The largest absolute Gasteiger partial charge is 0.352 e. The molecule has 0 aliphatic rings. The molecule has 3 aromatic rings. The number of para-hydroxylation sites is 1. The molecule has 27 heavy (non-hydrogen) atoms. The Bertz CT molecular complexity index is 984. The number of benzene rings is 2. The third-order valence-electron chi connectivity index (χ3n) is 4.41. The highest BCUT2D eigenvalue weighted by atomic mass is 35.5. The fourth-order valence-corrected chi connectivity index (χ4v) is 3.16. The Hall–Kier alpha value is -2.66. The highest BCUT2D eigenvalue weighted by Crippen LogP contribution is 2.10. The summed E-state index contributed by atoms with van der Waals surface area (Å²) < 4.78 is 1.64. The van der Waals surface area contributed by atoms with Crippen molar-refractivity contribution in [3.63, 3.8) is 0 Å². The van der Waals surface area contributed by atoms with Gasteiger partial charge in [0, 0.05) is 24.5 Å². The molecule has 0 aliphatic carbocycles. The number of nitrogens with zero attached hydrogens (tertiary/aromatic N) is 2. The van der Waals surface area contributed by atoms with Gasteiger partial charge in [-0.25, -0.2) is 4.98 Å². The zero-order valence-corrected chi connectivity index (χ0v) is 15.8. The number of carbonyl (C=O) groups is 1. The summed E-state index contributed by atoms with van der Waals surface area (Å²) in [6, 6.07) is 14.8. The topological polar surface area (TPSA) is 64.0 Å². The summed E-state index contributed by atoms with van der Waals surface area (Å²) in [4.78, 5) is 28.6. The van der Waals surface area contributed by atoms with E-state index >= 15 is 0 Å². The van der Waals surface area contributed by atoms with E-state index in [0.29, 0.717) is 29.9 Å². The molecule has 2 aromatic carbocycles. The van der Waals surface area contributed by atoms with Crippen molar-refractivity contribution in [3.8, 4) is 0 Å². The standard InChI is InChI=1S/C21H22ClN3O2/c22-17-8-6-7-16(13-17)14-23-20(26)11-2-1-5-12-25-15-24-19-10-4-3-9-18(19)21(25)27/h3-4,6-10,13,15H,1-2,5,11-12,14H2,(H,23,26). The van der Waals surface area contributed by atoms with Crippen LogP contribution in [0.4, 0.5) is 0 Å². The number of rotatable bonds is 8. The minimum absolute atomic E-state index is 0.0140. The third kappa shape index (κ3) is 5.41. The number of aryl methyl sites for hydroxylation is 1. The van der Waals surface area contributed by atoms with Gasteiger partial charge in [-0.15, -0.1) is 0 Å². The molecule has 0 fully saturated rings. The Labute approximate surface area is 163 Å². The van der Waals surface area contributed by atoms with E-state index in [9.17, 15) is 9.59 Å². The fraction of sp³-hybridized carbons (Fsp3) is 0.286. The van der Waals surface area contributed by atoms with Gasteiger partial charge in [0.15, 0.2) is 0 Å². The second-order valence-corrected chi connectivity index (χ2v) is 6.91. The van der Waals surface area contributed by atoms with Gasteiger partial charge in [-0.3, -0.25) is 14.2 Å². The predicted octanol–water partition coefficient (Wildman–Crippen LogP) is 3.93. The van der Waals surface area contributed by atoms with E-state index in [4.69, 9.17) is 11.6 Å². The molecule has 0 saturated carbocycles. The van der Waals surface area contributed by atoms with Crippen LogP contribution in [0.2, 0.25) is 5.02 Å². The number of hydrogen-bond acceptors (Lipinski definition) is 3. The maximum atomic E-state index is 12.4. The number of nitrogens with one attached hydrogen (secondary N) is 1. The minimum Gasteiger partial charge on any atom is -0.352 e. The summed E-state index contributed by atoms with van der Waals surface area (Å²) in [6.07, 6.45) is 4.58. The Balaban J connectivity index is 1.38. The molecule has 0 radical (unpaired) electrons. The molecule has 0 bridgehead atoms. The van der Waals surface area contributed by atoms with Crippen LogP contribution in [0.15, 0.2) is 59.7 Å². The van der Waals surface area contributed by atoms with Crippen molar-refractivity contribution < 1.29 is 4.79 Å². The molecule has 0 spiro atoms. The molecule has 6 heteroatoms. The lowest BCUT2D eigenvalue weighted by molar-refractivity contribution is -0.121. The van der Waals surface area contributed by atoms with E-state index in [0.717, 1.165) is 30.3 Å². The molecule has 0 saturated heterocycles. The molecule has 0 atom stereocenters. The van der Waals surface area contributed by atoms with Crippen molar-refractivity contribution in [1.29, 1.82) is 0 Å². The lowest BCUT2D eigenvalue weighted by Crippen LogP contribution is -2.22. The Morgan fingerprint density at radius 2 is 1.93 bits per heavy atom. The van der Waals surface area contributed by atoms with Gasteiger partial charge < -0.3 is 5.32 Å². The molecule has 1 amide bonds. The molecule has 1 N–H and O–H groups in total. The first-order valence-corrected chi connectivity index (χ1v) is 9.46. The van der Waals surface area contributed by atoms with Crippen LogP contribution in [-0.4, -0.2) is 15.5 Å². The molecule has 0 unspecified atom stereocenters. The monoisotopic (exact) mass is 383 g/mol. The number of fused-ring (bicyclic) bond motifs is 1. The van der Waals surface area contributed by atoms with E-state index in [1.165, 1.54) is 0 Å². The van der Waals surface area contributed by atoms with Gasteiger partial charge in [0.2, 0.25) is 5.91 Å². The van der Waals surface area contributed by atoms with Crippen molar-refractivity contribution in [2.75, 3.05) is 0 Å². The summed E-state index contributed by atoms with van der Waals surface area (Å²) in [5.41, 5.74) is 1.69. The number of hydrogen-bond donors (Lipinski definition) is 1. The average molecular weight is 384 g/mol. The number of carbonyl (C=O) groups excluding carboxylic acids is 1. The average Bonchev–Trinajstić information content (AvgIpc) is 2.68.